The van der Waals surface area contributed by atoms with E-state index in [0.717, 1.165) is 25.9 Å². The number of rotatable bonds is 6. The van der Waals surface area contributed by atoms with Gasteiger partial charge in [0.25, 0.3) is 0 Å². The highest BCUT2D eigenvalue weighted by atomic mass is 32.2. The topological polar surface area (TPSA) is 49.4 Å². The summed E-state index contributed by atoms with van der Waals surface area (Å²) < 4.78 is 22.7. The normalized spacial score (nSPS) is 21.0. The number of nitrogens with zero attached hydrogens (tertiary/aromatic N) is 1. The zero-order chi connectivity index (χ0) is 14.6. The van der Waals surface area contributed by atoms with Gasteiger partial charge in [0.2, 0.25) is 0 Å². The van der Waals surface area contributed by atoms with Crippen LogP contribution in [0.3, 0.4) is 0 Å². The van der Waals surface area contributed by atoms with Crippen LogP contribution < -0.4 is 10.2 Å². The molecule has 0 bridgehead atoms. The first-order chi connectivity index (χ1) is 9.50. The minimum atomic E-state index is -2.78. The van der Waals surface area contributed by atoms with Crippen molar-refractivity contribution in [2.45, 2.75) is 25.8 Å². The number of likely N-dealkylation sites (N-methyl/N-ethyl adjacent to an activating group) is 1. The first-order valence-electron chi connectivity index (χ1n) is 7.24. The van der Waals surface area contributed by atoms with Gasteiger partial charge in [-0.2, -0.15) is 0 Å². The molecule has 1 aliphatic heterocycles. The summed E-state index contributed by atoms with van der Waals surface area (Å²) in [5.41, 5.74) is 2.54. The summed E-state index contributed by atoms with van der Waals surface area (Å²) in [6.07, 6.45) is 1.80. The highest BCUT2D eigenvalue weighted by Crippen LogP contribution is 2.14. The van der Waals surface area contributed by atoms with Crippen LogP contribution in [-0.2, 0) is 16.3 Å². The molecule has 0 aliphatic carbocycles. The van der Waals surface area contributed by atoms with Gasteiger partial charge in [-0.3, -0.25) is 0 Å². The Hall–Kier alpha value is -1.07. The predicted octanol–water partition coefficient (Wildman–Crippen LogP) is 1.46. The number of hydrogen-bond donors (Lipinski definition) is 1. The fourth-order valence-electron chi connectivity index (χ4n) is 2.51. The summed E-state index contributed by atoms with van der Waals surface area (Å²) in [7, 11) is -0.719. The minimum absolute atomic E-state index is 0.135. The second-order valence-corrected chi connectivity index (χ2v) is 7.72. The minimum Gasteiger partial charge on any atom is -0.373 e. The molecule has 20 heavy (non-hydrogen) atoms. The van der Waals surface area contributed by atoms with Gasteiger partial charge in [-0.25, -0.2) is 8.42 Å². The van der Waals surface area contributed by atoms with Gasteiger partial charge in [0.15, 0.2) is 9.84 Å². The van der Waals surface area contributed by atoms with Crippen molar-refractivity contribution in [2.24, 2.45) is 0 Å². The molecular formula is C15H24N2O2S. The Balaban J connectivity index is 1.76. The third kappa shape index (κ3) is 4.21. The molecule has 1 saturated heterocycles. The number of benzene rings is 1. The average molecular weight is 296 g/mol. The van der Waals surface area contributed by atoms with E-state index in [0.29, 0.717) is 11.5 Å². The molecule has 112 valence electrons. The van der Waals surface area contributed by atoms with E-state index in [1.54, 1.807) is 0 Å². The fraction of sp³-hybridized carbons (Fsp3) is 0.600. The van der Waals surface area contributed by atoms with Gasteiger partial charge < -0.3 is 10.2 Å². The van der Waals surface area contributed by atoms with E-state index in [1.807, 2.05) is 0 Å². The number of aryl methyl sites for hydroxylation is 1. The molecule has 0 amide bonds. The lowest BCUT2D eigenvalue weighted by Crippen LogP contribution is -2.36. The Morgan fingerprint density at radius 1 is 1.30 bits per heavy atom. The number of sulfone groups is 1. The van der Waals surface area contributed by atoms with Gasteiger partial charge in [0, 0.05) is 31.9 Å². The van der Waals surface area contributed by atoms with Crippen LogP contribution in [0.2, 0.25) is 0 Å². The molecule has 1 N–H and O–H groups in total. The van der Waals surface area contributed by atoms with E-state index in [2.05, 4.69) is 48.5 Å². The van der Waals surface area contributed by atoms with Crippen LogP contribution in [-0.4, -0.2) is 46.1 Å². The molecule has 4 nitrogen and oxygen atoms in total. The molecule has 0 spiro atoms. The van der Waals surface area contributed by atoms with E-state index < -0.39 is 9.84 Å². The van der Waals surface area contributed by atoms with Crippen LogP contribution in [0, 0.1) is 0 Å². The van der Waals surface area contributed by atoms with Crippen molar-refractivity contribution in [2.75, 3.05) is 36.5 Å². The van der Waals surface area contributed by atoms with Gasteiger partial charge in [-0.15, -0.1) is 0 Å². The summed E-state index contributed by atoms with van der Waals surface area (Å²) in [4.78, 5) is 2.19. The lowest BCUT2D eigenvalue weighted by atomic mass is 10.1. The van der Waals surface area contributed by atoms with E-state index in [1.165, 1.54) is 11.3 Å². The predicted molar refractivity (Wildman–Crippen MR) is 84.2 cm³/mol. The van der Waals surface area contributed by atoms with Crippen LogP contribution in [0.15, 0.2) is 24.3 Å². The van der Waals surface area contributed by atoms with Crippen molar-refractivity contribution in [3.63, 3.8) is 0 Å². The van der Waals surface area contributed by atoms with Crippen LogP contribution in [0.1, 0.15) is 18.9 Å². The Labute approximate surface area is 122 Å². The van der Waals surface area contributed by atoms with E-state index in [-0.39, 0.29) is 6.04 Å². The van der Waals surface area contributed by atoms with Crippen molar-refractivity contribution in [3.8, 4) is 0 Å². The molecular weight excluding hydrogens is 272 g/mol. The highest BCUT2D eigenvalue weighted by Gasteiger charge is 2.27. The molecule has 0 saturated carbocycles. The summed E-state index contributed by atoms with van der Waals surface area (Å²) in [6.45, 7) is 3.84. The smallest absolute Gasteiger partial charge is 0.151 e. The molecule has 5 heteroatoms. The molecule has 1 atom stereocenters. The molecule has 1 heterocycles. The van der Waals surface area contributed by atoms with Crippen molar-refractivity contribution >= 4 is 15.5 Å². The Bertz CT molecular complexity index is 525. The monoisotopic (exact) mass is 296 g/mol. The molecule has 1 unspecified atom stereocenters. The van der Waals surface area contributed by atoms with Crippen molar-refractivity contribution in [1.82, 2.24) is 5.32 Å². The Morgan fingerprint density at radius 3 is 2.55 bits per heavy atom. The van der Waals surface area contributed by atoms with Gasteiger partial charge in [-0.05, 0) is 30.5 Å². The van der Waals surface area contributed by atoms with Crippen LogP contribution in [0.5, 0.6) is 0 Å². The Morgan fingerprint density at radius 2 is 2.00 bits per heavy atom. The highest BCUT2D eigenvalue weighted by molar-refractivity contribution is 7.91. The standard InChI is InChI=1S/C15H24N2O2S/c1-3-13-4-6-15(7-5-13)17(2)10-9-16-14-8-11-20(18,19)12-14/h4-7,14,16H,3,8-12H2,1-2H3. The quantitative estimate of drug-likeness (QED) is 0.863. The maximum absolute atomic E-state index is 11.4. The molecule has 1 aromatic rings. The zero-order valence-corrected chi connectivity index (χ0v) is 13.1. The molecule has 1 aliphatic rings. The van der Waals surface area contributed by atoms with Gasteiger partial charge in [0.05, 0.1) is 11.5 Å². The van der Waals surface area contributed by atoms with Gasteiger partial charge in [-0.1, -0.05) is 19.1 Å². The number of anilines is 1. The lowest BCUT2D eigenvalue weighted by molar-refractivity contribution is 0.557. The lowest BCUT2D eigenvalue weighted by Gasteiger charge is -2.21. The summed E-state index contributed by atoms with van der Waals surface area (Å²) in [5.74, 6) is 0.626. The third-order valence-electron chi connectivity index (χ3n) is 3.90. The van der Waals surface area contributed by atoms with E-state index >= 15 is 0 Å². The van der Waals surface area contributed by atoms with Crippen molar-refractivity contribution < 1.29 is 8.42 Å². The van der Waals surface area contributed by atoms with Gasteiger partial charge in [0.1, 0.15) is 0 Å². The van der Waals surface area contributed by atoms with E-state index in [9.17, 15) is 8.42 Å². The first-order valence-corrected chi connectivity index (χ1v) is 9.06. The maximum atomic E-state index is 11.4. The molecule has 1 aromatic carbocycles. The third-order valence-corrected chi connectivity index (χ3v) is 5.67. The number of nitrogens with one attached hydrogen (secondary N) is 1. The Kier molecular flexibility index (Phi) is 5.05. The summed E-state index contributed by atoms with van der Waals surface area (Å²) in [5, 5.41) is 3.34. The second kappa shape index (κ2) is 6.59. The maximum Gasteiger partial charge on any atom is 0.151 e. The van der Waals surface area contributed by atoms with Crippen LogP contribution in [0.4, 0.5) is 5.69 Å². The SMILES string of the molecule is CCc1ccc(N(C)CCNC2CCS(=O)(=O)C2)cc1. The van der Waals surface area contributed by atoms with Gasteiger partial charge >= 0.3 is 0 Å². The van der Waals surface area contributed by atoms with E-state index in [4.69, 9.17) is 0 Å². The van der Waals surface area contributed by atoms with Crippen molar-refractivity contribution in [1.29, 1.82) is 0 Å². The first kappa shape index (κ1) is 15.3. The fourth-order valence-corrected chi connectivity index (χ4v) is 4.22. The molecule has 2 rings (SSSR count). The number of hydrogen-bond acceptors (Lipinski definition) is 4. The van der Waals surface area contributed by atoms with Crippen LogP contribution >= 0.6 is 0 Å². The zero-order valence-electron chi connectivity index (χ0n) is 12.3. The summed E-state index contributed by atoms with van der Waals surface area (Å²) >= 11 is 0. The molecule has 0 radical (unpaired) electrons. The van der Waals surface area contributed by atoms with Crippen molar-refractivity contribution in [3.05, 3.63) is 29.8 Å². The molecule has 0 aromatic heterocycles. The average Bonchev–Trinajstić information content (AvgIpc) is 2.78. The summed E-state index contributed by atoms with van der Waals surface area (Å²) in [6, 6.07) is 8.72. The molecule has 1 fully saturated rings. The van der Waals surface area contributed by atoms with Crippen LogP contribution in [0.25, 0.3) is 0 Å². The second-order valence-electron chi connectivity index (χ2n) is 5.50. The largest absolute Gasteiger partial charge is 0.373 e.